The molecule has 1 heterocycles. The van der Waals surface area contributed by atoms with Crippen molar-refractivity contribution in [2.24, 2.45) is 0 Å². The number of aryl methyl sites for hydroxylation is 1. The second-order valence-corrected chi connectivity index (χ2v) is 4.68. The number of nitrogens with zero attached hydrogens (tertiary/aromatic N) is 2. The topological polar surface area (TPSA) is 84.7 Å². The first-order valence-electron chi connectivity index (χ1n) is 6.65. The number of benzene rings is 1. The second-order valence-electron chi connectivity index (χ2n) is 4.68. The number of aromatic nitrogens is 1. The van der Waals surface area contributed by atoms with E-state index in [1.54, 1.807) is 44.4 Å². The monoisotopic (exact) mass is 303 g/mol. The van der Waals surface area contributed by atoms with Gasteiger partial charge >= 0.3 is 0 Å². The van der Waals surface area contributed by atoms with Crippen LogP contribution >= 0.6 is 0 Å². The van der Waals surface area contributed by atoms with Crippen LogP contribution in [-0.2, 0) is 9.59 Å². The first-order valence-corrected chi connectivity index (χ1v) is 6.65. The molecule has 0 aliphatic carbocycles. The van der Waals surface area contributed by atoms with Gasteiger partial charge in [0.1, 0.15) is 18.1 Å². The van der Waals surface area contributed by atoms with Crippen molar-refractivity contribution in [3.8, 4) is 5.75 Å². The van der Waals surface area contributed by atoms with Crippen molar-refractivity contribution in [1.29, 1.82) is 0 Å². The van der Waals surface area contributed by atoms with Crippen LogP contribution in [0.5, 0.6) is 5.75 Å². The van der Waals surface area contributed by atoms with Crippen molar-refractivity contribution in [3.63, 3.8) is 0 Å². The number of methoxy groups -OCH3 is 1. The van der Waals surface area contributed by atoms with Gasteiger partial charge in [-0.3, -0.25) is 14.5 Å². The normalized spacial score (nSPS) is 10.1. The first kappa shape index (κ1) is 15.6. The molecule has 0 atom stereocenters. The molecule has 7 heteroatoms. The van der Waals surface area contributed by atoms with E-state index in [0.29, 0.717) is 23.0 Å². The number of carbonyl (C=O) groups excluding carboxylic acids is 2. The van der Waals surface area contributed by atoms with E-state index in [4.69, 9.17) is 9.26 Å². The SMILES string of the molecule is COc1ccc(NC(=O)CN(C(C)=O)c2cc(C)on2)cc1. The van der Waals surface area contributed by atoms with Crippen molar-refractivity contribution in [1.82, 2.24) is 5.16 Å². The number of carbonyl (C=O) groups is 2. The molecule has 116 valence electrons. The predicted molar refractivity (Wildman–Crippen MR) is 80.9 cm³/mol. The molecule has 0 saturated heterocycles. The Bertz CT molecular complexity index is 664. The molecule has 1 N–H and O–H groups in total. The standard InChI is InChI=1S/C15H17N3O4/c1-10-8-14(17-22-10)18(11(2)19)9-15(20)16-12-4-6-13(21-3)7-5-12/h4-8H,9H2,1-3H3,(H,16,20). The van der Waals surface area contributed by atoms with Crippen LogP contribution in [0.2, 0.25) is 0 Å². The molecule has 0 saturated carbocycles. The van der Waals surface area contributed by atoms with E-state index in [1.807, 2.05) is 0 Å². The molecule has 2 rings (SSSR count). The Morgan fingerprint density at radius 2 is 2.00 bits per heavy atom. The van der Waals surface area contributed by atoms with E-state index in [2.05, 4.69) is 10.5 Å². The van der Waals surface area contributed by atoms with Gasteiger partial charge in [-0.25, -0.2) is 0 Å². The molecule has 0 aliphatic rings. The lowest BCUT2D eigenvalue weighted by Gasteiger charge is -2.17. The van der Waals surface area contributed by atoms with Gasteiger partial charge in [-0.15, -0.1) is 0 Å². The van der Waals surface area contributed by atoms with Gasteiger partial charge in [0.2, 0.25) is 11.8 Å². The number of rotatable bonds is 5. The smallest absolute Gasteiger partial charge is 0.244 e. The number of hydrogen-bond acceptors (Lipinski definition) is 5. The molecule has 0 unspecified atom stereocenters. The lowest BCUT2D eigenvalue weighted by Crippen LogP contribution is -2.36. The fourth-order valence-electron chi connectivity index (χ4n) is 1.85. The van der Waals surface area contributed by atoms with Gasteiger partial charge in [-0.1, -0.05) is 5.16 Å². The van der Waals surface area contributed by atoms with Crippen molar-refractivity contribution < 1.29 is 18.8 Å². The second kappa shape index (κ2) is 6.75. The highest BCUT2D eigenvalue weighted by molar-refractivity contribution is 6.01. The molecule has 0 bridgehead atoms. The third-order valence-electron chi connectivity index (χ3n) is 2.95. The van der Waals surface area contributed by atoms with Crippen LogP contribution in [-0.4, -0.2) is 30.6 Å². The van der Waals surface area contributed by atoms with E-state index >= 15 is 0 Å². The Labute approximate surface area is 127 Å². The summed E-state index contributed by atoms with van der Waals surface area (Å²) < 4.78 is 9.98. The molecular formula is C15H17N3O4. The lowest BCUT2D eigenvalue weighted by atomic mass is 10.3. The molecule has 0 aliphatic heterocycles. The third-order valence-corrected chi connectivity index (χ3v) is 2.95. The van der Waals surface area contributed by atoms with Crippen molar-refractivity contribution in [2.75, 3.05) is 23.9 Å². The van der Waals surface area contributed by atoms with Crippen LogP contribution in [0.4, 0.5) is 11.5 Å². The summed E-state index contributed by atoms with van der Waals surface area (Å²) in [6, 6.07) is 8.50. The molecule has 2 amide bonds. The van der Waals surface area contributed by atoms with Crippen LogP contribution in [0.15, 0.2) is 34.9 Å². The molecule has 1 aromatic carbocycles. The zero-order chi connectivity index (χ0) is 16.1. The van der Waals surface area contributed by atoms with Crippen LogP contribution < -0.4 is 15.0 Å². The van der Waals surface area contributed by atoms with Crippen molar-refractivity contribution >= 4 is 23.3 Å². The summed E-state index contributed by atoms with van der Waals surface area (Å²) in [6.07, 6.45) is 0. The average Bonchev–Trinajstić information content (AvgIpc) is 2.91. The lowest BCUT2D eigenvalue weighted by molar-refractivity contribution is -0.120. The first-order chi connectivity index (χ1) is 10.5. The maximum absolute atomic E-state index is 12.1. The van der Waals surface area contributed by atoms with Gasteiger partial charge in [0, 0.05) is 18.7 Å². The van der Waals surface area contributed by atoms with E-state index in [0.717, 1.165) is 0 Å². The van der Waals surface area contributed by atoms with Gasteiger partial charge < -0.3 is 14.6 Å². The zero-order valence-corrected chi connectivity index (χ0v) is 12.6. The minimum Gasteiger partial charge on any atom is -0.497 e. The van der Waals surface area contributed by atoms with E-state index in [1.165, 1.54) is 11.8 Å². The van der Waals surface area contributed by atoms with Crippen LogP contribution in [0.3, 0.4) is 0 Å². The fourth-order valence-corrected chi connectivity index (χ4v) is 1.85. The highest BCUT2D eigenvalue weighted by Gasteiger charge is 2.19. The summed E-state index contributed by atoms with van der Waals surface area (Å²) in [6.45, 7) is 2.93. The zero-order valence-electron chi connectivity index (χ0n) is 12.6. The van der Waals surface area contributed by atoms with Gasteiger partial charge in [0.15, 0.2) is 5.82 Å². The van der Waals surface area contributed by atoms with Gasteiger partial charge in [0.05, 0.1) is 7.11 Å². The quantitative estimate of drug-likeness (QED) is 0.913. The summed E-state index contributed by atoms with van der Waals surface area (Å²) in [5.41, 5.74) is 0.616. The van der Waals surface area contributed by atoms with E-state index in [9.17, 15) is 9.59 Å². The Hall–Kier alpha value is -2.83. The molecule has 7 nitrogen and oxygen atoms in total. The number of nitrogens with one attached hydrogen (secondary N) is 1. The number of amides is 2. The number of hydrogen-bond donors (Lipinski definition) is 1. The molecule has 0 spiro atoms. The number of ether oxygens (including phenoxy) is 1. The molecule has 0 fully saturated rings. The summed E-state index contributed by atoms with van der Waals surface area (Å²) >= 11 is 0. The van der Waals surface area contributed by atoms with Gasteiger partial charge in [-0.05, 0) is 31.2 Å². The summed E-state index contributed by atoms with van der Waals surface area (Å²) in [5.74, 6) is 0.951. The maximum Gasteiger partial charge on any atom is 0.244 e. The van der Waals surface area contributed by atoms with Crippen LogP contribution in [0.25, 0.3) is 0 Å². The summed E-state index contributed by atoms with van der Waals surface area (Å²) in [5, 5.41) is 6.46. The van der Waals surface area contributed by atoms with Gasteiger partial charge in [-0.2, -0.15) is 0 Å². The highest BCUT2D eigenvalue weighted by atomic mass is 16.5. The Kier molecular flexibility index (Phi) is 4.77. The summed E-state index contributed by atoms with van der Waals surface area (Å²) in [4.78, 5) is 25.0. The Balaban J connectivity index is 2.03. The molecule has 0 radical (unpaired) electrons. The fraction of sp³-hybridized carbons (Fsp3) is 0.267. The van der Waals surface area contributed by atoms with E-state index < -0.39 is 0 Å². The number of anilines is 2. The maximum atomic E-state index is 12.1. The Morgan fingerprint density at radius 3 is 2.50 bits per heavy atom. The summed E-state index contributed by atoms with van der Waals surface area (Å²) in [7, 11) is 1.57. The van der Waals surface area contributed by atoms with Crippen LogP contribution in [0, 0.1) is 6.92 Å². The molecule has 1 aromatic heterocycles. The average molecular weight is 303 g/mol. The van der Waals surface area contributed by atoms with Crippen LogP contribution in [0.1, 0.15) is 12.7 Å². The Morgan fingerprint density at radius 1 is 1.32 bits per heavy atom. The minimum absolute atomic E-state index is 0.146. The minimum atomic E-state index is -0.332. The highest BCUT2D eigenvalue weighted by Crippen LogP contribution is 2.16. The van der Waals surface area contributed by atoms with Crippen molar-refractivity contribution in [2.45, 2.75) is 13.8 Å². The predicted octanol–water partition coefficient (Wildman–Crippen LogP) is 1.98. The largest absolute Gasteiger partial charge is 0.497 e. The van der Waals surface area contributed by atoms with E-state index in [-0.39, 0.29) is 18.4 Å². The third kappa shape index (κ3) is 3.85. The molecule has 2 aromatic rings. The molecular weight excluding hydrogens is 286 g/mol. The van der Waals surface area contributed by atoms with Gasteiger partial charge in [0.25, 0.3) is 0 Å². The van der Waals surface area contributed by atoms with Crippen molar-refractivity contribution in [3.05, 3.63) is 36.1 Å². The molecule has 22 heavy (non-hydrogen) atoms.